The molecule has 0 spiro atoms. The molecule has 3 heterocycles. The Morgan fingerprint density at radius 3 is 2.53 bits per heavy atom. The van der Waals surface area contributed by atoms with Crippen molar-refractivity contribution in [2.75, 3.05) is 23.8 Å². The highest BCUT2D eigenvalue weighted by atomic mass is 19.1. The number of nitrogens with two attached hydrogens (primary N) is 1. The Balaban J connectivity index is 1.47. The fourth-order valence-electron chi connectivity index (χ4n) is 4.71. The Bertz CT molecular complexity index is 1010. The van der Waals surface area contributed by atoms with E-state index in [2.05, 4.69) is 20.6 Å². The molecule has 10 heteroatoms. The second-order valence-corrected chi connectivity index (χ2v) is 8.69. The minimum atomic E-state index is -1.06. The van der Waals surface area contributed by atoms with Gasteiger partial charge >= 0.3 is 0 Å². The van der Waals surface area contributed by atoms with Gasteiger partial charge in [-0.25, -0.2) is 28.1 Å². The summed E-state index contributed by atoms with van der Waals surface area (Å²) in [6.07, 6.45) is 6.25. The molecule has 1 aromatic carbocycles. The molecule has 1 unspecified atom stereocenters. The molecular weight excluding hydrogens is 421 g/mol. The third kappa shape index (κ3) is 4.16. The molecule has 5 rings (SSSR count). The number of benzene rings is 1. The summed E-state index contributed by atoms with van der Waals surface area (Å²) in [6.45, 7) is 1.09. The summed E-state index contributed by atoms with van der Waals surface area (Å²) >= 11 is 0. The van der Waals surface area contributed by atoms with Crippen LogP contribution in [-0.4, -0.2) is 41.1 Å². The first-order chi connectivity index (χ1) is 15.5. The summed E-state index contributed by atoms with van der Waals surface area (Å²) in [5.41, 5.74) is 6.82. The largest absolute Gasteiger partial charge is 0.381 e. The van der Waals surface area contributed by atoms with Crippen LogP contribution >= 0.6 is 0 Å². The lowest BCUT2D eigenvalue weighted by molar-refractivity contribution is 0.184. The minimum absolute atomic E-state index is 0.0458. The quantitative estimate of drug-likeness (QED) is 0.660. The fourth-order valence-corrected chi connectivity index (χ4v) is 4.71. The number of nitrogens with zero attached hydrogens (tertiary/aromatic N) is 3. The zero-order valence-electron chi connectivity index (χ0n) is 17.5. The lowest BCUT2D eigenvalue weighted by atomic mass is 9.89. The molecule has 0 radical (unpaired) electrons. The molecule has 2 aromatic rings. The SMILES string of the molecule is NC1CCC(Nc2ncc3c(n2)[C@H](C2CCOC2)C(=Nc2c(F)cc(F)cc2F)N3)CC1. The van der Waals surface area contributed by atoms with Crippen molar-refractivity contribution in [1.82, 2.24) is 9.97 Å². The summed E-state index contributed by atoms with van der Waals surface area (Å²) < 4.78 is 47.4. The summed E-state index contributed by atoms with van der Waals surface area (Å²) in [5.74, 6) is -2.52. The van der Waals surface area contributed by atoms with Crippen molar-refractivity contribution in [3.63, 3.8) is 0 Å². The van der Waals surface area contributed by atoms with Crippen LogP contribution in [0.25, 0.3) is 0 Å². The van der Waals surface area contributed by atoms with Gasteiger partial charge < -0.3 is 21.1 Å². The first-order valence-corrected chi connectivity index (χ1v) is 10.9. The third-order valence-corrected chi connectivity index (χ3v) is 6.43. The minimum Gasteiger partial charge on any atom is -0.381 e. The lowest BCUT2D eigenvalue weighted by Gasteiger charge is -2.27. The first-order valence-electron chi connectivity index (χ1n) is 10.9. The van der Waals surface area contributed by atoms with Crippen LogP contribution in [-0.2, 0) is 4.74 Å². The molecule has 7 nitrogen and oxygen atoms in total. The van der Waals surface area contributed by atoms with Crippen molar-refractivity contribution >= 4 is 23.2 Å². The lowest BCUT2D eigenvalue weighted by Crippen LogP contribution is -2.33. The smallest absolute Gasteiger partial charge is 0.223 e. The van der Waals surface area contributed by atoms with Crippen LogP contribution in [0.15, 0.2) is 23.3 Å². The highest BCUT2D eigenvalue weighted by Gasteiger charge is 2.39. The van der Waals surface area contributed by atoms with Crippen LogP contribution in [0.1, 0.15) is 43.7 Å². The van der Waals surface area contributed by atoms with Gasteiger partial charge in [0.15, 0.2) is 11.6 Å². The highest BCUT2D eigenvalue weighted by Crippen LogP contribution is 2.41. The molecule has 1 aromatic heterocycles. The van der Waals surface area contributed by atoms with E-state index in [4.69, 9.17) is 15.5 Å². The highest BCUT2D eigenvalue weighted by molar-refractivity contribution is 6.07. The Morgan fingerprint density at radius 2 is 1.84 bits per heavy atom. The van der Waals surface area contributed by atoms with Crippen LogP contribution in [0.4, 0.5) is 30.5 Å². The van der Waals surface area contributed by atoms with Gasteiger partial charge in [0.2, 0.25) is 5.95 Å². The maximum absolute atomic E-state index is 14.3. The van der Waals surface area contributed by atoms with Crippen molar-refractivity contribution in [2.24, 2.45) is 16.6 Å². The first kappa shape index (κ1) is 21.1. The number of aliphatic imine (C=N–C) groups is 1. The van der Waals surface area contributed by atoms with Crippen LogP contribution in [0.3, 0.4) is 0 Å². The normalized spacial score (nSPS) is 28.6. The molecule has 0 amide bonds. The van der Waals surface area contributed by atoms with E-state index >= 15 is 0 Å². The molecule has 3 aliphatic rings. The Labute approximate surface area is 183 Å². The van der Waals surface area contributed by atoms with E-state index in [1.807, 2.05) is 0 Å². The molecule has 1 saturated carbocycles. The second-order valence-electron chi connectivity index (χ2n) is 8.69. The van der Waals surface area contributed by atoms with Gasteiger partial charge in [0.05, 0.1) is 30.1 Å². The molecule has 2 fully saturated rings. The molecule has 170 valence electrons. The Morgan fingerprint density at radius 1 is 1.09 bits per heavy atom. The molecule has 1 saturated heterocycles. The van der Waals surface area contributed by atoms with Crippen molar-refractivity contribution < 1.29 is 17.9 Å². The number of aromatic nitrogens is 2. The number of fused-ring (bicyclic) bond motifs is 1. The van der Waals surface area contributed by atoms with Crippen LogP contribution in [0.5, 0.6) is 0 Å². The van der Waals surface area contributed by atoms with Crippen molar-refractivity contribution in [3.8, 4) is 0 Å². The summed E-state index contributed by atoms with van der Waals surface area (Å²) in [7, 11) is 0. The third-order valence-electron chi connectivity index (χ3n) is 6.43. The number of amidine groups is 1. The standard InChI is InChI=1S/C22H25F3N6O/c23-12-7-15(24)19(16(25)8-12)30-21-18(11-5-6-32-10-11)20-17(29-21)9-27-22(31-20)28-14-3-1-13(26)2-4-14/h7-9,11,13-14,18H,1-6,10,26H2,(H,29,30)(H,27,28,31)/t11?,13?,14?,18-/m0/s1. The van der Waals surface area contributed by atoms with Gasteiger partial charge in [-0.05, 0) is 38.0 Å². The number of hydrogen-bond acceptors (Lipinski definition) is 6. The zero-order valence-corrected chi connectivity index (χ0v) is 17.5. The van der Waals surface area contributed by atoms with Crippen LogP contribution < -0.4 is 16.4 Å². The van der Waals surface area contributed by atoms with Crippen molar-refractivity contribution in [2.45, 2.75) is 50.1 Å². The van der Waals surface area contributed by atoms with E-state index in [1.165, 1.54) is 0 Å². The van der Waals surface area contributed by atoms with Gasteiger partial charge in [0.25, 0.3) is 0 Å². The Kier molecular flexibility index (Phi) is 5.73. The summed E-state index contributed by atoms with van der Waals surface area (Å²) in [4.78, 5) is 13.4. The van der Waals surface area contributed by atoms with E-state index in [0.717, 1.165) is 32.1 Å². The molecule has 4 N–H and O–H groups in total. The number of ether oxygens (including phenoxy) is 1. The number of nitrogens with one attached hydrogen (secondary N) is 2. The van der Waals surface area contributed by atoms with Gasteiger partial charge in [-0.3, -0.25) is 0 Å². The summed E-state index contributed by atoms with van der Waals surface area (Å²) in [5, 5.41) is 6.51. The van der Waals surface area contributed by atoms with Crippen LogP contribution in [0.2, 0.25) is 0 Å². The molecule has 32 heavy (non-hydrogen) atoms. The average molecular weight is 446 g/mol. The monoisotopic (exact) mass is 446 g/mol. The maximum atomic E-state index is 14.3. The van der Waals surface area contributed by atoms with Gasteiger partial charge in [-0.1, -0.05) is 0 Å². The van der Waals surface area contributed by atoms with E-state index < -0.39 is 23.1 Å². The van der Waals surface area contributed by atoms with E-state index in [1.54, 1.807) is 6.20 Å². The predicted octanol–water partition coefficient (Wildman–Crippen LogP) is 3.85. The van der Waals surface area contributed by atoms with Crippen molar-refractivity contribution in [3.05, 3.63) is 41.5 Å². The molecule has 1 aliphatic carbocycles. The Hall–Kier alpha value is -2.72. The van der Waals surface area contributed by atoms with Gasteiger partial charge in [0, 0.05) is 30.8 Å². The zero-order chi connectivity index (χ0) is 22.2. The maximum Gasteiger partial charge on any atom is 0.223 e. The van der Waals surface area contributed by atoms with E-state index in [9.17, 15) is 13.2 Å². The fraction of sp³-hybridized carbons (Fsp3) is 0.500. The molecular formula is C22H25F3N6O. The molecule has 2 aliphatic heterocycles. The molecule has 2 atom stereocenters. The number of anilines is 2. The number of hydrogen-bond donors (Lipinski definition) is 3. The number of halogens is 3. The van der Waals surface area contributed by atoms with Crippen molar-refractivity contribution in [1.29, 1.82) is 0 Å². The van der Waals surface area contributed by atoms with E-state index in [0.29, 0.717) is 48.5 Å². The topological polar surface area (TPSA) is 97.5 Å². The van der Waals surface area contributed by atoms with Gasteiger partial charge in [0.1, 0.15) is 17.3 Å². The summed E-state index contributed by atoms with van der Waals surface area (Å²) in [6, 6.07) is 1.74. The van der Waals surface area contributed by atoms with Gasteiger partial charge in [-0.15, -0.1) is 0 Å². The second kappa shape index (κ2) is 8.67. The molecule has 0 bridgehead atoms. The number of rotatable bonds is 4. The van der Waals surface area contributed by atoms with E-state index in [-0.39, 0.29) is 23.9 Å². The predicted molar refractivity (Wildman–Crippen MR) is 115 cm³/mol. The van der Waals surface area contributed by atoms with Crippen LogP contribution in [0, 0.1) is 23.4 Å². The van der Waals surface area contributed by atoms with Gasteiger partial charge in [-0.2, -0.15) is 0 Å². The average Bonchev–Trinajstić information content (AvgIpc) is 3.39.